The van der Waals surface area contributed by atoms with Gasteiger partial charge in [-0.05, 0) is 81.7 Å². The van der Waals surface area contributed by atoms with Crippen LogP contribution in [0.4, 0.5) is 5.69 Å². The Morgan fingerprint density at radius 2 is 1.97 bits per heavy atom. The molecule has 2 N–H and O–H groups in total. The Morgan fingerprint density at radius 1 is 1.13 bits per heavy atom. The van der Waals surface area contributed by atoms with Gasteiger partial charge in [0.15, 0.2) is 5.69 Å². The van der Waals surface area contributed by atoms with E-state index < -0.39 is 5.97 Å². The number of ether oxygens (including phenoxy) is 1. The fourth-order valence-electron chi connectivity index (χ4n) is 4.26. The van der Waals surface area contributed by atoms with Crippen molar-refractivity contribution in [3.8, 4) is 5.75 Å². The summed E-state index contributed by atoms with van der Waals surface area (Å²) in [7, 11) is 1.28. The van der Waals surface area contributed by atoms with E-state index in [1.54, 1.807) is 6.07 Å². The van der Waals surface area contributed by atoms with Crippen LogP contribution in [0.1, 0.15) is 58.7 Å². The van der Waals surface area contributed by atoms with E-state index in [4.69, 9.17) is 4.98 Å². The van der Waals surface area contributed by atoms with Gasteiger partial charge in [-0.15, -0.1) is 0 Å². The molecule has 1 aromatic carbocycles. The molecule has 1 aliphatic rings. The zero-order valence-electron chi connectivity index (χ0n) is 18.2. The third-order valence-corrected chi connectivity index (χ3v) is 5.89. The van der Waals surface area contributed by atoms with Gasteiger partial charge in [0.1, 0.15) is 5.75 Å². The molecule has 0 bridgehead atoms. The van der Waals surface area contributed by atoms with Crippen LogP contribution in [0.25, 0.3) is 10.9 Å². The van der Waals surface area contributed by atoms with Crippen molar-refractivity contribution in [3.05, 3.63) is 58.5 Å². The number of anilines is 1. The first kappa shape index (κ1) is 21.1. The van der Waals surface area contributed by atoms with E-state index in [0.29, 0.717) is 0 Å². The highest BCUT2D eigenvalue weighted by atomic mass is 16.5. The van der Waals surface area contributed by atoms with Gasteiger partial charge in [0.25, 0.3) is 0 Å². The third kappa shape index (κ3) is 4.63. The number of nitrogens with zero attached hydrogens (tertiary/aromatic N) is 2. The summed E-state index contributed by atoms with van der Waals surface area (Å²) in [6.07, 6.45) is 7.21. The zero-order chi connectivity index (χ0) is 21.8. The third-order valence-electron chi connectivity index (χ3n) is 5.89. The molecule has 31 heavy (non-hydrogen) atoms. The molecule has 0 unspecified atom stereocenters. The summed E-state index contributed by atoms with van der Waals surface area (Å²) < 4.78 is 4.68. The Hall–Kier alpha value is -3.15. The molecule has 162 valence electrons. The number of nitrogens with one attached hydrogen (secondary N) is 1. The van der Waals surface area contributed by atoms with Gasteiger partial charge in [0, 0.05) is 29.0 Å². The number of methoxy groups -OCH3 is 1. The second-order valence-electron chi connectivity index (χ2n) is 8.19. The number of pyridine rings is 2. The van der Waals surface area contributed by atoms with E-state index >= 15 is 0 Å². The predicted octanol–water partition coefficient (Wildman–Crippen LogP) is 4.74. The SMILES string of the molecule is COC(=O)c1nc(CCCCNc2c3c(nc4ccc(C)cc24)CCCC3)ccc1O. The lowest BCUT2D eigenvalue weighted by Crippen LogP contribution is -2.12. The van der Waals surface area contributed by atoms with Gasteiger partial charge in [-0.2, -0.15) is 0 Å². The number of aryl methyl sites for hydroxylation is 3. The van der Waals surface area contributed by atoms with Crippen LogP contribution in [-0.4, -0.2) is 34.7 Å². The number of carbonyl (C=O) groups is 1. The van der Waals surface area contributed by atoms with E-state index in [2.05, 4.69) is 40.2 Å². The molecule has 0 saturated carbocycles. The lowest BCUT2D eigenvalue weighted by atomic mass is 9.92. The number of carbonyl (C=O) groups excluding carboxylic acids is 1. The summed E-state index contributed by atoms with van der Waals surface area (Å²) in [5.41, 5.74) is 6.94. The van der Waals surface area contributed by atoms with Gasteiger partial charge >= 0.3 is 5.97 Å². The van der Waals surface area contributed by atoms with E-state index in [-0.39, 0.29) is 11.4 Å². The average Bonchev–Trinajstić information content (AvgIpc) is 2.79. The first-order valence-corrected chi connectivity index (χ1v) is 11.0. The van der Waals surface area contributed by atoms with Crippen LogP contribution in [0, 0.1) is 6.92 Å². The maximum atomic E-state index is 11.7. The van der Waals surface area contributed by atoms with Gasteiger partial charge in [-0.25, -0.2) is 9.78 Å². The van der Waals surface area contributed by atoms with Crippen molar-refractivity contribution < 1.29 is 14.6 Å². The highest BCUT2D eigenvalue weighted by Gasteiger charge is 2.18. The van der Waals surface area contributed by atoms with Crippen LogP contribution in [0.5, 0.6) is 5.75 Å². The number of hydrogen-bond acceptors (Lipinski definition) is 6. The molecule has 0 aliphatic heterocycles. The van der Waals surface area contributed by atoms with Crippen molar-refractivity contribution in [1.82, 2.24) is 9.97 Å². The minimum Gasteiger partial charge on any atom is -0.505 e. The van der Waals surface area contributed by atoms with Crippen LogP contribution >= 0.6 is 0 Å². The molecule has 0 atom stereocenters. The van der Waals surface area contributed by atoms with Crippen LogP contribution in [-0.2, 0) is 24.0 Å². The van der Waals surface area contributed by atoms with Crippen LogP contribution in [0.2, 0.25) is 0 Å². The van der Waals surface area contributed by atoms with Gasteiger partial charge < -0.3 is 15.2 Å². The molecule has 6 heteroatoms. The normalized spacial score (nSPS) is 13.1. The maximum Gasteiger partial charge on any atom is 0.360 e. The van der Waals surface area contributed by atoms with Gasteiger partial charge in [-0.3, -0.25) is 4.98 Å². The van der Waals surface area contributed by atoms with E-state index in [0.717, 1.165) is 49.9 Å². The van der Waals surface area contributed by atoms with Gasteiger partial charge in [0.2, 0.25) is 0 Å². The monoisotopic (exact) mass is 419 g/mol. The number of aromatic nitrogens is 2. The lowest BCUT2D eigenvalue weighted by Gasteiger charge is -2.22. The zero-order valence-corrected chi connectivity index (χ0v) is 18.2. The molecular formula is C25H29N3O3. The van der Waals surface area contributed by atoms with Crippen LogP contribution in [0.15, 0.2) is 30.3 Å². The van der Waals surface area contributed by atoms with Crippen molar-refractivity contribution >= 4 is 22.6 Å². The lowest BCUT2D eigenvalue weighted by molar-refractivity contribution is 0.0590. The second-order valence-corrected chi connectivity index (χ2v) is 8.19. The number of rotatable bonds is 7. The predicted molar refractivity (Wildman–Crippen MR) is 122 cm³/mol. The van der Waals surface area contributed by atoms with Crippen molar-refractivity contribution in [3.63, 3.8) is 0 Å². The Labute approximate surface area is 182 Å². The topological polar surface area (TPSA) is 84.3 Å². The molecule has 2 aromatic heterocycles. The number of benzene rings is 1. The molecule has 0 amide bonds. The number of hydrogen-bond donors (Lipinski definition) is 2. The Balaban J connectivity index is 1.42. The fourth-order valence-corrected chi connectivity index (χ4v) is 4.26. The molecule has 1 aliphatic carbocycles. The first-order valence-electron chi connectivity index (χ1n) is 11.0. The van der Waals surface area contributed by atoms with Crippen molar-refractivity contribution in [1.29, 1.82) is 0 Å². The number of unbranched alkanes of at least 4 members (excludes halogenated alkanes) is 1. The molecular weight excluding hydrogens is 390 g/mol. The summed E-state index contributed by atoms with van der Waals surface area (Å²) in [4.78, 5) is 20.9. The second kappa shape index (κ2) is 9.33. The summed E-state index contributed by atoms with van der Waals surface area (Å²) in [6, 6.07) is 9.74. The molecule has 0 fully saturated rings. The van der Waals surface area contributed by atoms with E-state index in [1.807, 2.05) is 0 Å². The largest absolute Gasteiger partial charge is 0.505 e. The summed E-state index contributed by atoms with van der Waals surface area (Å²) in [5, 5.41) is 14.7. The molecule has 0 spiro atoms. The standard InChI is InChI=1S/C25H29N3O3/c1-16-10-12-21-19(15-16)23(18-8-3-4-9-20(18)28-21)26-14-6-5-7-17-11-13-22(29)24(27-17)25(30)31-2/h10-13,15,29H,3-9,14H2,1-2H3,(H,26,28). The van der Waals surface area contributed by atoms with Gasteiger partial charge in [-0.1, -0.05) is 11.6 Å². The van der Waals surface area contributed by atoms with Crippen LogP contribution in [0.3, 0.4) is 0 Å². The highest BCUT2D eigenvalue weighted by molar-refractivity contribution is 5.94. The summed E-state index contributed by atoms with van der Waals surface area (Å²) >= 11 is 0. The molecule has 3 aromatic rings. The smallest absolute Gasteiger partial charge is 0.360 e. The number of fused-ring (bicyclic) bond motifs is 2. The summed E-state index contributed by atoms with van der Waals surface area (Å²) in [5.74, 6) is -0.771. The minimum absolute atomic E-state index is 0.0246. The molecule has 0 saturated heterocycles. The van der Waals surface area contributed by atoms with Crippen molar-refractivity contribution in [2.75, 3.05) is 19.0 Å². The van der Waals surface area contributed by atoms with E-state index in [9.17, 15) is 9.90 Å². The molecule has 6 nitrogen and oxygen atoms in total. The first-order chi connectivity index (χ1) is 15.1. The Morgan fingerprint density at radius 3 is 2.81 bits per heavy atom. The quantitative estimate of drug-likeness (QED) is 0.425. The van der Waals surface area contributed by atoms with E-state index in [1.165, 1.54) is 53.9 Å². The Kier molecular flexibility index (Phi) is 6.35. The van der Waals surface area contributed by atoms with Crippen molar-refractivity contribution in [2.24, 2.45) is 0 Å². The summed E-state index contributed by atoms with van der Waals surface area (Å²) in [6.45, 7) is 2.98. The molecule has 2 heterocycles. The van der Waals surface area contributed by atoms with Crippen molar-refractivity contribution in [2.45, 2.75) is 51.9 Å². The average molecular weight is 420 g/mol. The highest BCUT2D eigenvalue weighted by Crippen LogP contribution is 2.33. The number of esters is 1. The Bertz CT molecular complexity index is 1110. The number of aromatic hydroxyl groups is 1. The molecule has 4 rings (SSSR count). The maximum absolute atomic E-state index is 11.7. The van der Waals surface area contributed by atoms with Gasteiger partial charge in [0.05, 0.1) is 12.6 Å². The minimum atomic E-state index is -0.620. The fraction of sp³-hybridized carbons (Fsp3) is 0.400. The van der Waals surface area contributed by atoms with Crippen LogP contribution < -0.4 is 5.32 Å². The molecule has 0 radical (unpaired) electrons.